The zero-order chi connectivity index (χ0) is 15.4. The van der Waals surface area contributed by atoms with E-state index in [-0.39, 0.29) is 11.8 Å². The van der Waals surface area contributed by atoms with Crippen LogP contribution in [0.3, 0.4) is 0 Å². The number of hydrogen-bond donors (Lipinski definition) is 1. The van der Waals surface area contributed by atoms with E-state index in [1.807, 2.05) is 36.4 Å². The maximum atomic E-state index is 12.1. The Hall–Kier alpha value is -2.20. The fourth-order valence-electron chi connectivity index (χ4n) is 2.42. The fraction of sp³-hybridized carbons (Fsp3) is 0.222. The van der Waals surface area contributed by atoms with E-state index in [0.717, 1.165) is 15.2 Å². The third-order valence-corrected chi connectivity index (χ3v) is 4.67. The lowest BCUT2D eigenvalue weighted by molar-refractivity contribution is -0.121. The number of benzene rings is 2. The Labute approximate surface area is 134 Å². The minimum Gasteiger partial charge on any atom is -0.350 e. The molecule has 0 radical (unpaired) electrons. The summed E-state index contributed by atoms with van der Waals surface area (Å²) in [5, 5.41) is 3.92. The lowest BCUT2D eigenvalue weighted by Crippen LogP contribution is -2.23. The zero-order valence-corrected chi connectivity index (χ0v) is 13.3. The summed E-state index contributed by atoms with van der Waals surface area (Å²) < 4.78 is 1.16. The Morgan fingerprint density at radius 3 is 2.64 bits per heavy atom. The molecule has 1 heterocycles. The highest BCUT2D eigenvalue weighted by molar-refractivity contribution is 7.18. The van der Waals surface area contributed by atoms with Crippen LogP contribution >= 0.6 is 11.3 Å². The van der Waals surface area contributed by atoms with E-state index < -0.39 is 0 Å². The summed E-state index contributed by atoms with van der Waals surface area (Å²) in [7, 11) is 0. The van der Waals surface area contributed by atoms with E-state index in [9.17, 15) is 4.79 Å². The highest BCUT2D eigenvalue weighted by Crippen LogP contribution is 2.22. The van der Waals surface area contributed by atoms with E-state index in [1.165, 1.54) is 5.56 Å². The predicted molar refractivity (Wildman–Crippen MR) is 90.9 cm³/mol. The van der Waals surface area contributed by atoms with Crippen LogP contribution in [0.1, 0.15) is 29.8 Å². The van der Waals surface area contributed by atoms with E-state index in [4.69, 9.17) is 0 Å². The maximum absolute atomic E-state index is 12.1. The molecule has 0 aliphatic carbocycles. The van der Waals surface area contributed by atoms with Gasteiger partial charge in [-0.25, -0.2) is 4.98 Å². The molecule has 0 aliphatic heterocycles. The molecule has 22 heavy (non-hydrogen) atoms. The molecule has 3 nitrogen and oxygen atoms in total. The number of aromatic nitrogens is 1. The normalized spacial score (nSPS) is 12.2. The molecule has 1 unspecified atom stereocenters. The zero-order valence-electron chi connectivity index (χ0n) is 12.5. The Kier molecular flexibility index (Phi) is 4.49. The maximum Gasteiger partial charge on any atom is 0.220 e. The number of rotatable bonds is 5. The van der Waals surface area contributed by atoms with Gasteiger partial charge in [0.1, 0.15) is 5.01 Å². The first kappa shape index (κ1) is 14.7. The van der Waals surface area contributed by atoms with Crippen LogP contribution in [0.2, 0.25) is 0 Å². The number of nitrogens with zero attached hydrogens (tertiary/aromatic N) is 1. The van der Waals surface area contributed by atoms with Gasteiger partial charge < -0.3 is 5.32 Å². The van der Waals surface area contributed by atoms with Crippen LogP contribution in [0.4, 0.5) is 0 Å². The van der Waals surface area contributed by atoms with Gasteiger partial charge in [0.05, 0.1) is 16.8 Å². The van der Waals surface area contributed by atoms with Gasteiger partial charge in [-0.05, 0) is 23.6 Å². The molecule has 4 heteroatoms. The quantitative estimate of drug-likeness (QED) is 0.770. The third kappa shape index (κ3) is 3.52. The molecule has 1 amide bonds. The van der Waals surface area contributed by atoms with Crippen molar-refractivity contribution in [2.75, 3.05) is 0 Å². The Bertz CT molecular complexity index is 734. The molecule has 0 bridgehead atoms. The lowest BCUT2D eigenvalue weighted by Gasteiger charge is -2.11. The average molecular weight is 310 g/mol. The van der Waals surface area contributed by atoms with Crippen LogP contribution in [0.5, 0.6) is 0 Å². The number of nitrogens with one attached hydrogen (secondary N) is 1. The molecule has 0 spiro atoms. The van der Waals surface area contributed by atoms with Crippen LogP contribution < -0.4 is 5.32 Å². The second-order valence-electron chi connectivity index (χ2n) is 5.37. The van der Waals surface area contributed by atoms with Crippen LogP contribution in [-0.2, 0) is 11.3 Å². The fourth-order valence-corrected chi connectivity index (χ4v) is 3.33. The number of fused-ring (bicyclic) bond motifs is 1. The molecule has 3 rings (SSSR count). The van der Waals surface area contributed by atoms with Crippen molar-refractivity contribution in [1.29, 1.82) is 0 Å². The first-order chi connectivity index (χ1) is 10.7. The molecule has 2 aromatic carbocycles. The minimum atomic E-state index is 0.0654. The number of carbonyl (C=O) groups is 1. The molecule has 1 N–H and O–H groups in total. The Morgan fingerprint density at radius 2 is 1.86 bits per heavy atom. The van der Waals surface area contributed by atoms with Gasteiger partial charge in [0.15, 0.2) is 0 Å². The number of para-hydroxylation sites is 1. The molecular formula is C18H18N2OS. The number of thiazole rings is 1. The van der Waals surface area contributed by atoms with Crippen molar-refractivity contribution in [1.82, 2.24) is 10.3 Å². The van der Waals surface area contributed by atoms with Crippen molar-refractivity contribution in [3.8, 4) is 0 Å². The monoisotopic (exact) mass is 310 g/mol. The predicted octanol–water partition coefficient (Wildman–Crippen LogP) is 4.11. The molecule has 0 saturated heterocycles. The van der Waals surface area contributed by atoms with E-state index in [1.54, 1.807) is 11.3 Å². The lowest BCUT2D eigenvalue weighted by atomic mass is 9.98. The highest BCUT2D eigenvalue weighted by Gasteiger charge is 2.11. The van der Waals surface area contributed by atoms with Crippen molar-refractivity contribution in [2.24, 2.45) is 0 Å². The smallest absolute Gasteiger partial charge is 0.220 e. The molecule has 1 aromatic heterocycles. The minimum absolute atomic E-state index is 0.0654. The van der Waals surface area contributed by atoms with E-state index in [0.29, 0.717) is 13.0 Å². The molecule has 1 atom stereocenters. The van der Waals surface area contributed by atoms with Crippen molar-refractivity contribution in [2.45, 2.75) is 25.8 Å². The Morgan fingerprint density at radius 1 is 1.14 bits per heavy atom. The SMILES string of the molecule is CC(CC(=O)NCc1nc2ccccc2s1)c1ccccc1. The summed E-state index contributed by atoms with van der Waals surface area (Å²) >= 11 is 1.63. The number of carbonyl (C=O) groups excluding carboxylic acids is 1. The largest absolute Gasteiger partial charge is 0.350 e. The summed E-state index contributed by atoms with van der Waals surface area (Å²) in [5.74, 6) is 0.284. The van der Waals surface area contributed by atoms with Crippen molar-refractivity contribution in [3.63, 3.8) is 0 Å². The average Bonchev–Trinajstić information content (AvgIpc) is 2.96. The van der Waals surface area contributed by atoms with E-state index >= 15 is 0 Å². The molecule has 0 aliphatic rings. The van der Waals surface area contributed by atoms with Gasteiger partial charge in [-0.15, -0.1) is 11.3 Å². The number of hydrogen-bond acceptors (Lipinski definition) is 3. The molecule has 0 saturated carbocycles. The summed E-state index contributed by atoms with van der Waals surface area (Å²) in [5.41, 5.74) is 2.19. The molecular weight excluding hydrogens is 292 g/mol. The Balaban J connectivity index is 1.56. The first-order valence-electron chi connectivity index (χ1n) is 7.38. The van der Waals surface area contributed by atoms with Gasteiger partial charge in [-0.3, -0.25) is 4.79 Å². The number of amides is 1. The summed E-state index contributed by atoms with van der Waals surface area (Å²) in [6.45, 7) is 2.58. The van der Waals surface area contributed by atoms with Crippen LogP contribution in [0.25, 0.3) is 10.2 Å². The molecule has 0 fully saturated rings. The van der Waals surface area contributed by atoms with Crippen molar-refractivity contribution < 1.29 is 4.79 Å². The van der Waals surface area contributed by atoms with Gasteiger partial charge in [-0.1, -0.05) is 49.4 Å². The topological polar surface area (TPSA) is 42.0 Å². The summed E-state index contributed by atoms with van der Waals surface area (Å²) in [6, 6.07) is 18.1. The van der Waals surface area contributed by atoms with Crippen LogP contribution in [-0.4, -0.2) is 10.9 Å². The van der Waals surface area contributed by atoms with Gasteiger partial charge in [0.2, 0.25) is 5.91 Å². The first-order valence-corrected chi connectivity index (χ1v) is 8.20. The second kappa shape index (κ2) is 6.71. The van der Waals surface area contributed by atoms with Gasteiger partial charge in [0, 0.05) is 6.42 Å². The highest BCUT2D eigenvalue weighted by atomic mass is 32.1. The molecule has 3 aromatic rings. The van der Waals surface area contributed by atoms with Gasteiger partial charge in [-0.2, -0.15) is 0 Å². The van der Waals surface area contributed by atoms with Crippen LogP contribution in [0.15, 0.2) is 54.6 Å². The van der Waals surface area contributed by atoms with Gasteiger partial charge in [0.25, 0.3) is 0 Å². The summed E-state index contributed by atoms with van der Waals surface area (Å²) in [6.07, 6.45) is 0.495. The van der Waals surface area contributed by atoms with Crippen molar-refractivity contribution >= 4 is 27.5 Å². The second-order valence-corrected chi connectivity index (χ2v) is 6.48. The van der Waals surface area contributed by atoms with Crippen LogP contribution in [0, 0.1) is 0 Å². The van der Waals surface area contributed by atoms with Gasteiger partial charge >= 0.3 is 0 Å². The van der Waals surface area contributed by atoms with E-state index in [2.05, 4.69) is 35.4 Å². The standard InChI is InChI=1S/C18H18N2OS/c1-13(14-7-3-2-4-8-14)11-17(21)19-12-18-20-15-9-5-6-10-16(15)22-18/h2-10,13H,11-12H2,1H3,(H,19,21). The molecule has 112 valence electrons. The summed E-state index contributed by atoms with van der Waals surface area (Å²) in [4.78, 5) is 16.6. The third-order valence-electron chi connectivity index (χ3n) is 3.64. The van der Waals surface area contributed by atoms with Crippen molar-refractivity contribution in [3.05, 3.63) is 65.2 Å².